The molecule has 4 nitrogen and oxygen atoms in total. The first-order valence-electron chi connectivity index (χ1n) is 4.66. The predicted octanol–water partition coefficient (Wildman–Crippen LogP) is -0.189. The molecule has 0 fully saturated rings. The largest absolute Gasteiger partial charge is 0.395 e. The molecular formula is C9H20N2O2. The highest BCUT2D eigenvalue weighted by molar-refractivity contribution is 5.81. The lowest BCUT2D eigenvalue weighted by atomic mass is 9.99. The van der Waals surface area contributed by atoms with Crippen LogP contribution in [0.4, 0.5) is 0 Å². The Morgan fingerprint density at radius 2 is 2.15 bits per heavy atom. The Hall–Kier alpha value is -0.610. The predicted molar refractivity (Wildman–Crippen MR) is 52.2 cm³/mol. The van der Waals surface area contributed by atoms with Crippen LogP contribution >= 0.6 is 0 Å². The zero-order valence-electron chi connectivity index (χ0n) is 8.66. The summed E-state index contributed by atoms with van der Waals surface area (Å²) in [5, 5.41) is 8.63. The minimum Gasteiger partial charge on any atom is -0.395 e. The highest BCUT2D eigenvalue weighted by Crippen LogP contribution is 2.07. The van der Waals surface area contributed by atoms with Crippen molar-refractivity contribution in [1.29, 1.82) is 0 Å². The van der Waals surface area contributed by atoms with Crippen molar-refractivity contribution in [3.63, 3.8) is 0 Å². The molecule has 0 aromatic heterocycles. The van der Waals surface area contributed by atoms with E-state index in [1.165, 1.54) is 4.90 Å². The van der Waals surface area contributed by atoms with Crippen molar-refractivity contribution in [2.45, 2.75) is 26.3 Å². The maximum absolute atomic E-state index is 11.5. The van der Waals surface area contributed by atoms with Gasteiger partial charge in [0, 0.05) is 13.6 Å². The SMILES string of the molecule is CC[C@H](C)[C@H](N)C(=O)N(C)CCO. The van der Waals surface area contributed by atoms with Gasteiger partial charge in [-0.1, -0.05) is 20.3 Å². The Kier molecular flexibility index (Phi) is 5.66. The van der Waals surface area contributed by atoms with Crippen LogP contribution in [-0.4, -0.2) is 42.2 Å². The molecule has 2 atom stereocenters. The van der Waals surface area contributed by atoms with Crippen molar-refractivity contribution >= 4 is 5.91 Å². The number of carbonyl (C=O) groups is 1. The van der Waals surface area contributed by atoms with E-state index in [0.717, 1.165) is 6.42 Å². The van der Waals surface area contributed by atoms with Gasteiger partial charge < -0.3 is 15.7 Å². The molecule has 0 saturated heterocycles. The van der Waals surface area contributed by atoms with Gasteiger partial charge in [0.25, 0.3) is 0 Å². The Bertz CT molecular complexity index is 162. The lowest BCUT2D eigenvalue weighted by Crippen LogP contribution is -2.46. The first-order chi connectivity index (χ1) is 6.04. The zero-order valence-corrected chi connectivity index (χ0v) is 8.66. The van der Waals surface area contributed by atoms with Gasteiger partial charge in [0.1, 0.15) is 0 Å². The normalized spacial score (nSPS) is 15.2. The molecule has 0 spiro atoms. The number of aliphatic hydroxyl groups is 1. The summed E-state index contributed by atoms with van der Waals surface area (Å²) < 4.78 is 0. The van der Waals surface area contributed by atoms with Gasteiger partial charge in [0.15, 0.2) is 0 Å². The molecule has 0 aromatic rings. The smallest absolute Gasteiger partial charge is 0.239 e. The van der Waals surface area contributed by atoms with Crippen LogP contribution in [0.2, 0.25) is 0 Å². The summed E-state index contributed by atoms with van der Waals surface area (Å²) in [6, 6.07) is -0.443. The fourth-order valence-electron chi connectivity index (χ4n) is 1.01. The molecule has 0 radical (unpaired) electrons. The highest BCUT2D eigenvalue weighted by atomic mass is 16.3. The van der Waals surface area contributed by atoms with Crippen molar-refractivity contribution in [2.24, 2.45) is 11.7 Å². The maximum atomic E-state index is 11.5. The number of amides is 1. The van der Waals surface area contributed by atoms with Crippen LogP contribution in [0, 0.1) is 5.92 Å². The van der Waals surface area contributed by atoms with E-state index in [1.54, 1.807) is 7.05 Å². The molecule has 78 valence electrons. The van der Waals surface area contributed by atoms with Gasteiger partial charge in [0.05, 0.1) is 12.6 Å². The Balaban J connectivity index is 4.08. The summed E-state index contributed by atoms with van der Waals surface area (Å²) in [4.78, 5) is 13.0. The van der Waals surface area contributed by atoms with Crippen molar-refractivity contribution in [2.75, 3.05) is 20.2 Å². The van der Waals surface area contributed by atoms with E-state index in [4.69, 9.17) is 10.8 Å². The van der Waals surface area contributed by atoms with Gasteiger partial charge in [-0.05, 0) is 5.92 Å². The summed E-state index contributed by atoms with van der Waals surface area (Å²) in [5.41, 5.74) is 5.73. The number of nitrogens with zero attached hydrogens (tertiary/aromatic N) is 1. The van der Waals surface area contributed by atoms with E-state index in [9.17, 15) is 4.79 Å². The van der Waals surface area contributed by atoms with Crippen LogP contribution in [0.25, 0.3) is 0 Å². The minimum atomic E-state index is -0.443. The number of hydrogen-bond acceptors (Lipinski definition) is 3. The molecule has 0 heterocycles. The zero-order chi connectivity index (χ0) is 10.4. The second-order valence-corrected chi connectivity index (χ2v) is 3.39. The Morgan fingerprint density at radius 1 is 1.62 bits per heavy atom. The van der Waals surface area contributed by atoms with Crippen LogP contribution in [0.1, 0.15) is 20.3 Å². The maximum Gasteiger partial charge on any atom is 0.239 e. The van der Waals surface area contributed by atoms with Gasteiger partial charge in [-0.3, -0.25) is 4.79 Å². The molecule has 0 aliphatic carbocycles. The van der Waals surface area contributed by atoms with E-state index in [-0.39, 0.29) is 18.4 Å². The third kappa shape index (κ3) is 3.74. The summed E-state index contributed by atoms with van der Waals surface area (Å²) in [5.74, 6) is 0.0945. The van der Waals surface area contributed by atoms with E-state index < -0.39 is 6.04 Å². The van der Waals surface area contributed by atoms with Crippen LogP contribution < -0.4 is 5.73 Å². The molecule has 0 aliphatic rings. The lowest BCUT2D eigenvalue weighted by Gasteiger charge is -2.23. The molecular weight excluding hydrogens is 168 g/mol. The number of nitrogens with two attached hydrogens (primary N) is 1. The van der Waals surface area contributed by atoms with Gasteiger partial charge in [-0.25, -0.2) is 0 Å². The van der Waals surface area contributed by atoms with Crippen LogP contribution in [-0.2, 0) is 4.79 Å². The first-order valence-corrected chi connectivity index (χ1v) is 4.66. The molecule has 0 bridgehead atoms. The fourth-order valence-corrected chi connectivity index (χ4v) is 1.01. The average molecular weight is 188 g/mol. The van der Waals surface area contributed by atoms with E-state index in [2.05, 4.69) is 0 Å². The third-order valence-corrected chi connectivity index (χ3v) is 2.35. The highest BCUT2D eigenvalue weighted by Gasteiger charge is 2.21. The quantitative estimate of drug-likeness (QED) is 0.628. The molecule has 0 saturated carbocycles. The molecule has 0 aromatic carbocycles. The van der Waals surface area contributed by atoms with E-state index >= 15 is 0 Å². The second-order valence-electron chi connectivity index (χ2n) is 3.39. The summed E-state index contributed by atoms with van der Waals surface area (Å²) in [7, 11) is 1.65. The van der Waals surface area contributed by atoms with Crippen molar-refractivity contribution in [1.82, 2.24) is 4.90 Å². The van der Waals surface area contributed by atoms with E-state index in [1.807, 2.05) is 13.8 Å². The molecule has 4 heteroatoms. The van der Waals surface area contributed by atoms with Gasteiger partial charge in [-0.15, -0.1) is 0 Å². The molecule has 13 heavy (non-hydrogen) atoms. The monoisotopic (exact) mass is 188 g/mol. The van der Waals surface area contributed by atoms with E-state index in [0.29, 0.717) is 6.54 Å². The van der Waals surface area contributed by atoms with Crippen molar-refractivity contribution in [3.8, 4) is 0 Å². The topological polar surface area (TPSA) is 66.6 Å². The van der Waals surface area contributed by atoms with Crippen LogP contribution in [0.5, 0.6) is 0 Å². The molecule has 3 N–H and O–H groups in total. The second kappa shape index (κ2) is 5.94. The molecule has 1 amide bonds. The molecule has 0 rings (SSSR count). The third-order valence-electron chi connectivity index (χ3n) is 2.35. The standard InChI is InChI=1S/C9H20N2O2/c1-4-7(2)8(10)9(13)11(3)5-6-12/h7-8,12H,4-6,10H2,1-3H3/t7-,8-/m0/s1. The Morgan fingerprint density at radius 3 is 2.54 bits per heavy atom. The number of carbonyl (C=O) groups excluding carboxylic acids is 1. The van der Waals surface area contributed by atoms with Gasteiger partial charge >= 0.3 is 0 Å². The minimum absolute atomic E-state index is 0.0184. The van der Waals surface area contributed by atoms with Gasteiger partial charge in [0.2, 0.25) is 5.91 Å². The average Bonchev–Trinajstić information content (AvgIpc) is 2.14. The van der Waals surface area contributed by atoms with Crippen LogP contribution in [0.3, 0.4) is 0 Å². The van der Waals surface area contributed by atoms with Crippen LogP contribution in [0.15, 0.2) is 0 Å². The number of hydrogen-bond donors (Lipinski definition) is 2. The number of aliphatic hydroxyl groups excluding tert-OH is 1. The van der Waals surface area contributed by atoms with Gasteiger partial charge in [-0.2, -0.15) is 0 Å². The number of likely N-dealkylation sites (N-methyl/N-ethyl adjacent to an activating group) is 1. The summed E-state index contributed by atoms with van der Waals surface area (Å²) >= 11 is 0. The first kappa shape index (κ1) is 12.4. The number of rotatable bonds is 5. The summed E-state index contributed by atoms with van der Waals surface area (Å²) in [6.07, 6.45) is 0.889. The fraction of sp³-hybridized carbons (Fsp3) is 0.889. The lowest BCUT2D eigenvalue weighted by molar-refractivity contribution is -0.132. The Labute approximate surface area is 79.7 Å². The molecule has 0 unspecified atom stereocenters. The van der Waals surface area contributed by atoms with Crippen molar-refractivity contribution < 1.29 is 9.90 Å². The van der Waals surface area contributed by atoms with Crippen molar-refractivity contribution in [3.05, 3.63) is 0 Å². The molecule has 0 aliphatic heterocycles. The summed E-state index contributed by atoms with van der Waals surface area (Å²) in [6.45, 7) is 4.29.